The number of carbonyl (C=O) groups excluding carboxylic acids is 4. The number of alkyl halides is 2. The Morgan fingerprint density at radius 3 is 2.13 bits per heavy atom. The number of ether oxygens (including phenoxy) is 1. The predicted molar refractivity (Wildman–Crippen MR) is 151 cm³/mol. The molecule has 2 aliphatic heterocycles. The van der Waals surface area contributed by atoms with Gasteiger partial charge in [0.05, 0.1) is 18.9 Å². The van der Waals surface area contributed by atoms with Crippen molar-refractivity contribution in [2.75, 3.05) is 18.6 Å². The summed E-state index contributed by atoms with van der Waals surface area (Å²) in [5.41, 5.74) is -1.84. The fraction of sp³-hybridized carbons (Fsp3) is 0.379. The van der Waals surface area contributed by atoms with E-state index in [2.05, 4.69) is 15.9 Å². The van der Waals surface area contributed by atoms with Crippen molar-refractivity contribution >= 4 is 68.4 Å². The Morgan fingerprint density at radius 2 is 1.56 bits per heavy atom. The minimum absolute atomic E-state index is 0.00821. The molecule has 238 valence electrons. The number of methoxy groups -OCH3 is 1. The lowest BCUT2D eigenvalue weighted by Gasteiger charge is -2.50. The highest BCUT2D eigenvalue weighted by Crippen LogP contribution is 2.67. The summed E-state index contributed by atoms with van der Waals surface area (Å²) in [6.07, 6.45) is 0.888. The Hall–Kier alpha value is -3.23. The molecule has 4 amide bonds. The third kappa shape index (κ3) is 3.87. The third-order valence-electron chi connectivity index (χ3n) is 9.23. The Labute approximate surface area is 269 Å². The molecule has 0 radical (unpaired) electrons. The number of hydrogen-bond donors (Lipinski definition) is 1. The van der Waals surface area contributed by atoms with E-state index in [1.807, 2.05) is 0 Å². The molecule has 3 fully saturated rings. The van der Waals surface area contributed by atoms with Crippen molar-refractivity contribution in [3.8, 4) is 11.5 Å². The molecule has 2 aromatic carbocycles. The number of rotatable bonds is 4. The molecule has 0 aromatic heterocycles. The second kappa shape index (κ2) is 10.4. The number of anilines is 1. The first kappa shape index (κ1) is 31.7. The van der Waals surface area contributed by atoms with Crippen molar-refractivity contribution < 1.29 is 51.0 Å². The molecule has 2 aromatic rings. The Morgan fingerprint density at radius 1 is 0.956 bits per heavy atom. The van der Waals surface area contributed by atoms with Gasteiger partial charge in [-0.1, -0.05) is 27.6 Å². The normalized spacial score (nSPS) is 30.8. The largest absolute Gasteiger partial charge is 0.504 e. The Bertz CT molecular complexity index is 1760. The van der Waals surface area contributed by atoms with Gasteiger partial charge in [0.1, 0.15) is 5.69 Å². The summed E-state index contributed by atoms with van der Waals surface area (Å²) in [4.78, 5) is 50.4. The van der Waals surface area contributed by atoms with Gasteiger partial charge >= 0.3 is 0 Å². The van der Waals surface area contributed by atoms with E-state index in [1.165, 1.54) is 25.3 Å². The molecule has 45 heavy (non-hydrogen) atoms. The summed E-state index contributed by atoms with van der Waals surface area (Å²) in [7, 11) is 1.22. The zero-order chi connectivity index (χ0) is 33.1. The number of hydrogen-bond acceptors (Lipinski definition) is 6. The first-order chi connectivity index (χ1) is 21.1. The zero-order valence-corrected chi connectivity index (χ0v) is 26.2. The van der Waals surface area contributed by atoms with Crippen LogP contribution in [-0.4, -0.2) is 57.0 Å². The number of benzene rings is 2. The van der Waals surface area contributed by atoms with Gasteiger partial charge in [-0.05, 0) is 37.8 Å². The average Bonchev–Trinajstić information content (AvgIpc) is 3.34. The quantitative estimate of drug-likeness (QED) is 0.112. The topological polar surface area (TPSA) is 104 Å². The molecule has 6 atom stereocenters. The maximum atomic E-state index is 15.1. The number of halogens is 8. The first-order valence-electron chi connectivity index (χ1n) is 13.5. The number of nitrogens with zero attached hydrogens (tertiary/aromatic N) is 2. The van der Waals surface area contributed by atoms with E-state index in [1.54, 1.807) is 6.92 Å². The number of fused-ring (bicyclic) bond motifs is 4. The van der Waals surface area contributed by atoms with Crippen molar-refractivity contribution in [3.05, 3.63) is 62.9 Å². The highest BCUT2D eigenvalue weighted by atomic mass is 79.9. The van der Waals surface area contributed by atoms with Crippen LogP contribution in [0.2, 0.25) is 0 Å². The number of allylic oxidation sites excluding steroid dienone is 2. The summed E-state index contributed by atoms with van der Waals surface area (Å²) in [6, 6.07) is 2.68. The van der Waals surface area contributed by atoms with Crippen molar-refractivity contribution in [3.63, 3.8) is 0 Å². The molecular weight excluding hydrogens is 718 g/mol. The molecule has 1 saturated carbocycles. The predicted octanol–water partition coefficient (Wildman–Crippen LogP) is 5.44. The van der Waals surface area contributed by atoms with E-state index in [-0.39, 0.29) is 39.2 Å². The van der Waals surface area contributed by atoms with Crippen molar-refractivity contribution in [2.24, 2.45) is 17.8 Å². The van der Waals surface area contributed by atoms with E-state index in [9.17, 15) is 37.5 Å². The molecule has 4 aliphatic rings. The van der Waals surface area contributed by atoms with Crippen LogP contribution in [0.15, 0.2) is 28.3 Å². The van der Waals surface area contributed by atoms with Crippen LogP contribution in [-0.2, 0) is 19.2 Å². The van der Waals surface area contributed by atoms with Gasteiger partial charge in [-0.25, -0.2) is 26.9 Å². The van der Waals surface area contributed by atoms with Crippen LogP contribution in [0.3, 0.4) is 0 Å². The van der Waals surface area contributed by atoms with Gasteiger partial charge < -0.3 is 9.84 Å². The molecule has 0 bridgehead atoms. The van der Waals surface area contributed by atoms with Gasteiger partial charge in [0.25, 0.3) is 11.8 Å². The van der Waals surface area contributed by atoms with Gasteiger partial charge in [-0.2, -0.15) is 0 Å². The molecule has 6 rings (SSSR count). The molecule has 16 heteroatoms. The van der Waals surface area contributed by atoms with Crippen molar-refractivity contribution in [1.82, 2.24) is 4.90 Å². The lowest BCUT2D eigenvalue weighted by atomic mass is 9.56. The number of likely N-dealkylation sites (tertiary alicyclic amines) is 1. The second-order valence-electron chi connectivity index (χ2n) is 11.2. The molecule has 2 aliphatic carbocycles. The third-order valence-corrected chi connectivity index (χ3v) is 11.1. The highest BCUT2D eigenvalue weighted by Gasteiger charge is 2.77. The lowest BCUT2D eigenvalue weighted by molar-refractivity contribution is -0.140. The summed E-state index contributed by atoms with van der Waals surface area (Å²) >= 11 is 17.4. The molecule has 2 saturated heterocycles. The fourth-order valence-electron chi connectivity index (χ4n) is 7.26. The number of aromatic hydroxyl groups is 1. The van der Waals surface area contributed by atoms with Crippen LogP contribution in [0.1, 0.15) is 31.2 Å². The van der Waals surface area contributed by atoms with Crippen LogP contribution in [0.5, 0.6) is 11.5 Å². The van der Waals surface area contributed by atoms with E-state index >= 15 is 8.78 Å². The monoisotopic (exact) mass is 736 g/mol. The second-order valence-corrected chi connectivity index (χ2v) is 13.3. The summed E-state index contributed by atoms with van der Waals surface area (Å²) < 4.78 is 78.3. The number of imide groups is 2. The van der Waals surface area contributed by atoms with Gasteiger partial charge in [0.2, 0.25) is 17.6 Å². The number of phenolic OH excluding ortho intramolecular Hbond substituents is 1. The van der Waals surface area contributed by atoms with E-state index < -0.39 is 104 Å². The number of amides is 4. The summed E-state index contributed by atoms with van der Waals surface area (Å²) in [6.45, 7) is 1.63. The van der Waals surface area contributed by atoms with Crippen LogP contribution in [0.4, 0.5) is 27.6 Å². The first-order valence-corrected chi connectivity index (χ1v) is 15.0. The SMILES string of the molecule is CCN1C(=O)[C@H]2[C@H](CC=C3[C@H]2C[C@@]2(Cl)C(=O)N(c4c(F)c(F)c(F)c(F)c4F)C(=O)[C@@]2(Cl)[C@H]3c2cc(Br)cc(OC)c2O)C1=O. The van der Waals surface area contributed by atoms with E-state index in [4.69, 9.17) is 27.9 Å². The zero-order valence-electron chi connectivity index (χ0n) is 23.1. The smallest absolute Gasteiger partial charge is 0.258 e. The van der Waals surface area contributed by atoms with Crippen molar-refractivity contribution in [1.29, 1.82) is 0 Å². The van der Waals surface area contributed by atoms with Gasteiger partial charge in [0, 0.05) is 22.5 Å². The maximum absolute atomic E-state index is 15.1. The molecule has 2 heterocycles. The summed E-state index contributed by atoms with van der Waals surface area (Å²) in [5, 5.41) is 11.3. The number of carbonyl (C=O) groups is 4. The minimum atomic E-state index is -2.76. The lowest BCUT2D eigenvalue weighted by Crippen LogP contribution is -2.60. The molecule has 1 N–H and O–H groups in total. The van der Waals surface area contributed by atoms with Crippen LogP contribution in [0.25, 0.3) is 0 Å². The molecular formula is C29H20BrCl2F5N2O6. The Balaban J connectivity index is 1.65. The highest BCUT2D eigenvalue weighted by molar-refractivity contribution is 9.10. The van der Waals surface area contributed by atoms with E-state index in [0.29, 0.717) is 0 Å². The van der Waals surface area contributed by atoms with Crippen LogP contribution >= 0.6 is 39.1 Å². The molecule has 8 nitrogen and oxygen atoms in total. The van der Waals surface area contributed by atoms with Gasteiger partial charge in [-0.15, -0.1) is 23.2 Å². The average molecular weight is 738 g/mol. The number of phenols is 1. The molecule has 0 spiro atoms. The summed E-state index contributed by atoms with van der Waals surface area (Å²) in [5.74, 6) is -22.1. The Kier molecular flexibility index (Phi) is 7.33. The van der Waals surface area contributed by atoms with Crippen LogP contribution < -0.4 is 9.64 Å². The maximum Gasteiger partial charge on any atom is 0.258 e. The van der Waals surface area contributed by atoms with E-state index in [0.717, 1.165) is 4.90 Å². The van der Waals surface area contributed by atoms with Crippen molar-refractivity contribution in [2.45, 2.75) is 35.4 Å². The minimum Gasteiger partial charge on any atom is -0.504 e. The van der Waals surface area contributed by atoms with Crippen LogP contribution in [0, 0.1) is 46.8 Å². The van der Waals surface area contributed by atoms with Gasteiger partial charge in [0.15, 0.2) is 44.5 Å². The fourth-order valence-corrected chi connectivity index (χ4v) is 8.64. The standard InChI is InChI=1S/C29H20BrCl2F5N2O6/c1-3-38-24(41)11-5-4-10-13(15(11)25(38)42)8-28(31)26(43)39(22-20(36)18(34)17(33)19(35)21(22)37)27(44)29(28,32)16(10)12-6-9(30)7-14(45-2)23(12)40/h4,6-7,11,13,15-16,40H,3,5,8H2,1-2H3/t11-,13+,15-,16+,28+,29-/m0/s1. The molecule has 0 unspecified atom stereocenters. The van der Waals surface area contributed by atoms with Gasteiger partial charge in [-0.3, -0.25) is 24.1 Å².